The van der Waals surface area contributed by atoms with Gasteiger partial charge in [-0.25, -0.2) is 0 Å². The molecular weight excluding hydrogens is 262 g/mol. The van der Waals surface area contributed by atoms with E-state index >= 15 is 0 Å². The summed E-state index contributed by atoms with van der Waals surface area (Å²) < 4.78 is 0. The zero-order valence-corrected chi connectivity index (χ0v) is 12.7. The molecule has 0 saturated heterocycles. The van der Waals surface area contributed by atoms with Gasteiger partial charge in [-0.15, -0.1) is 11.3 Å². The van der Waals surface area contributed by atoms with Crippen LogP contribution in [0.3, 0.4) is 0 Å². The van der Waals surface area contributed by atoms with Crippen LogP contribution in [-0.4, -0.2) is 7.05 Å². The number of nitrogens with one attached hydrogen (secondary N) is 1. The third-order valence-corrected chi connectivity index (χ3v) is 4.69. The maximum Gasteiger partial charge on any atom is 0.0367 e. The van der Waals surface area contributed by atoms with Crippen LogP contribution in [0.5, 0.6) is 0 Å². The van der Waals surface area contributed by atoms with Gasteiger partial charge in [0.1, 0.15) is 0 Å². The van der Waals surface area contributed by atoms with Gasteiger partial charge in [0, 0.05) is 10.9 Å². The topological polar surface area (TPSA) is 12.0 Å². The smallest absolute Gasteiger partial charge is 0.0367 e. The number of thiophene rings is 1. The fourth-order valence-corrected chi connectivity index (χ4v) is 3.48. The summed E-state index contributed by atoms with van der Waals surface area (Å²) in [7, 11) is 2.04. The molecule has 102 valence electrons. The first-order valence-electron chi connectivity index (χ1n) is 6.97. The van der Waals surface area contributed by atoms with Gasteiger partial charge in [-0.1, -0.05) is 42.5 Å². The van der Waals surface area contributed by atoms with Gasteiger partial charge < -0.3 is 5.32 Å². The van der Waals surface area contributed by atoms with Crippen LogP contribution in [0.4, 0.5) is 0 Å². The minimum absolute atomic E-state index is 0.380. The Morgan fingerprint density at radius 1 is 1.10 bits per heavy atom. The van der Waals surface area contributed by atoms with E-state index in [0.717, 1.165) is 6.42 Å². The lowest BCUT2D eigenvalue weighted by molar-refractivity contribution is 0.595. The molecule has 0 aliphatic carbocycles. The number of hydrogen-bond donors (Lipinski definition) is 1. The van der Waals surface area contributed by atoms with Crippen LogP contribution in [0.15, 0.2) is 53.9 Å². The Morgan fingerprint density at radius 3 is 2.65 bits per heavy atom. The summed E-state index contributed by atoms with van der Waals surface area (Å²) in [5.74, 6) is 0. The van der Waals surface area contributed by atoms with Gasteiger partial charge in [-0.3, -0.25) is 0 Å². The lowest BCUT2D eigenvalue weighted by Gasteiger charge is -2.16. The molecular formula is C18H19NS. The van der Waals surface area contributed by atoms with E-state index in [0.29, 0.717) is 6.04 Å². The third-order valence-electron chi connectivity index (χ3n) is 3.81. The molecule has 1 nitrogen and oxygen atoms in total. The zero-order valence-electron chi connectivity index (χ0n) is 11.9. The van der Waals surface area contributed by atoms with E-state index in [1.54, 1.807) is 0 Å². The van der Waals surface area contributed by atoms with Crippen LogP contribution < -0.4 is 5.32 Å². The number of likely N-dealkylation sites (N-methyl/N-ethyl adjacent to an activating group) is 1. The average Bonchev–Trinajstić information content (AvgIpc) is 2.91. The van der Waals surface area contributed by atoms with E-state index in [2.05, 4.69) is 66.2 Å². The quantitative estimate of drug-likeness (QED) is 0.730. The minimum Gasteiger partial charge on any atom is -0.313 e. The molecule has 3 aromatic rings. The largest absolute Gasteiger partial charge is 0.313 e. The Balaban J connectivity index is 1.95. The third kappa shape index (κ3) is 2.62. The van der Waals surface area contributed by atoms with E-state index < -0.39 is 0 Å². The van der Waals surface area contributed by atoms with Crippen molar-refractivity contribution in [2.24, 2.45) is 0 Å². The lowest BCUT2D eigenvalue weighted by Crippen LogP contribution is -2.18. The molecule has 2 aromatic carbocycles. The fourth-order valence-electron chi connectivity index (χ4n) is 2.72. The second kappa shape index (κ2) is 5.78. The maximum atomic E-state index is 3.45. The Morgan fingerprint density at radius 2 is 1.90 bits per heavy atom. The Hall–Kier alpha value is -1.64. The summed E-state index contributed by atoms with van der Waals surface area (Å²) in [4.78, 5) is 1.37. The van der Waals surface area contributed by atoms with Crippen molar-refractivity contribution in [3.8, 4) is 0 Å². The van der Waals surface area contributed by atoms with Crippen LogP contribution in [0.2, 0.25) is 0 Å². The Bertz CT molecular complexity index is 709. The number of benzene rings is 2. The van der Waals surface area contributed by atoms with Crippen LogP contribution in [-0.2, 0) is 6.42 Å². The number of fused-ring (bicyclic) bond motifs is 1. The van der Waals surface area contributed by atoms with E-state index in [9.17, 15) is 0 Å². The predicted octanol–water partition coefficient (Wildman–Crippen LogP) is 4.71. The SMILES string of the molecule is CNC(Cc1cccc2ccccc12)c1csc(C)c1. The molecule has 0 aliphatic heterocycles. The normalized spacial score (nSPS) is 12.7. The van der Waals surface area contributed by atoms with E-state index in [4.69, 9.17) is 0 Å². The van der Waals surface area contributed by atoms with E-state index in [1.807, 2.05) is 18.4 Å². The van der Waals surface area contributed by atoms with Crippen molar-refractivity contribution in [1.82, 2.24) is 5.32 Å². The van der Waals surface area contributed by atoms with Crippen molar-refractivity contribution in [2.45, 2.75) is 19.4 Å². The first-order chi connectivity index (χ1) is 9.78. The molecule has 0 saturated carbocycles. The first-order valence-corrected chi connectivity index (χ1v) is 7.85. The molecule has 3 rings (SSSR count). The minimum atomic E-state index is 0.380. The number of rotatable bonds is 4. The highest BCUT2D eigenvalue weighted by Gasteiger charge is 2.13. The zero-order chi connectivity index (χ0) is 13.9. The van der Waals surface area contributed by atoms with Gasteiger partial charge in [-0.05, 0) is 53.7 Å². The number of hydrogen-bond acceptors (Lipinski definition) is 2. The maximum absolute atomic E-state index is 3.45. The molecule has 2 heteroatoms. The Kier molecular flexibility index (Phi) is 3.86. The van der Waals surface area contributed by atoms with Gasteiger partial charge in [0.15, 0.2) is 0 Å². The predicted molar refractivity (Wildman–Crippen MR) is 88.5 cm³/mol. The molecule has 0 amide bonds. The average molecular weight is 281 g/mol. The van der Waals surface area contributed by atoms with Crippen molar-refractivity contribution in [2.75, 3.05) is 7.05 Å². The van der Waals surface area contributed by atoms with Crippen LogP contribution in [0, 0.1) is 6.92 Å². The summed E-state index contributed by atoms with van der Waals surface area (Å²) in [6, 6.07) is 17.9. The standard InChI is InChI=1S/C18H19NS/c1-13-10-16(12-20-13)18(19-2)11-15-8-5-7-14-6-3-4-9-17(14)15/h3-10,12,18-19H,11H2,1-2H3. The highest BCUT2D eigenvalue weighted by molar-refractivity contribution is 7.10. The van der Waals surface area contributed by atoms with Crippen molar-refractivity contribution >= 4 is 22.1 Å². The summed E-state index contributed by atoms with van der Waals surface area (Å²) in [5.41, 5.74) is 2.80. The molecule has 1 aromatic heterocycles. The summed E-state index contributed by atoms with van der Waals surface area (Å²) in [5, 5.41) is 8.40. The molecule has 1 heterocycles. The van der Waals surface area contributed by atoms with E-state index in [1.165, 1.54) is 26.8 Å². The monoisotopic (exact) mass is 281 g/mol. The molecule has 0 bridgehead atoms. The van der Waals surface area contributed by atoms with Gasteiger partial charge in [0.25, 0.3) is 0 Å². The van der Waals surface area contributed by atoms with Crippen LogP contribution in [0.1, 0.15) is 22.0 Å². The van der Waals surface area contributed by atoms with Crippen molar-refractivity contribution in [3.05, 3.63) is 69.9 Å². The van der Waals surface area contributed by atoms with Gasteiger partial charge in [-0.2, -0.15) is 0 Å². The second-order valence-corrected chi connectivity index (χ2v) is 6.29. The summed E-state index contributed by atoms with van der Waals surface area (Å²) in [6.07, 6.45) is 1.02. The lowest BCUT2D eigenvalue weighted by atomic mass is 9.96. The van der Waals surface area contributed by atoms with Crippen LogP contribution >= 0.6 is 11.3 Å². The molecule has 1 unspecified atom stereocenters. The molecule has 20 heavy (non-hydrogen) atoms. The summed E-state index contributed by atoms with van der Waals surface area (Å²) in [6.45, 7) is 2.17. The fraction of sp³-hybridized carbons (Fsp3) is 0.222. The highest BCUT2D eigenvalue weighted by atomic mass is 32.1. The highest BCUT2D eigenvalue weighted by Crippen LogP contribution is 2.26. The van der Waals surface area contributed by atoms with Gasteiger partial charge in [0.05, 0.1) is 0 Å². The second-order valence-electron chi connectivity index (χ2n) is 5.17. The number of aryl methyl sites for hydroxylation is 1. The van der Waals surface area contributed by atoms with Crippen molar-refractivity contribution in [1.29, 1.82) is 0 Å². The van der Waals surface area contributed by atoms with Crippen molar-refractivity contribution in [3.63, 3.8) is 0 Å². The molecule has 1 N–H and O–H groups in total. The van der Waals surface area contributed by atoms with Gasteiger partial charge >= 0.3 is 0 Å². The molecule has 0 aliphatic rings. The molecule has 0 fully saturated rings. The molecule has 0 radical (unpaired) electrons. The summed E-state index contributed by atoms with van der Waals surface area (Å²) >= 11 is 1.82. The molecule has 1 atom stereocenters. The molecule has 0 spiro atoms. The van der Waals surface area contributed by atoms with E-state index in [-0.39, 0.29) is 0 Å². The first kappa shape index (κ1) is 13.3. The van der Waals surface area contributed by atoms with Gasteiger partial charge in [0.2, 0.25) is 0 Å². The Labute approximate surface area is 124 Å². The van der Waals surface area contributed by atoms with Crippen molar-refractivity contribution < 1.29 is 0 Å². The van der Waals surface area contributed by atoms with Crippen LogP contribution in [0.25, 0.3) is 10.8 Å².